The Morgan fingerprint density at radius 3 is 2.56 bits per heavy atom. The molecular weight excluding hydrogens is 639 g/mol. The van der Waals surface area contributed by atoms with Crippen molar-refractivity contribution in [3.8, 4) is 11.5 Å². The van der Waals surface area contributed by atoms with E-state index in [2.05, 4.69) is 50.2 Å². The molecule has 32 heavy (non-hydrogen) atoms. The second kappa shape index (κ2) is 9.99. The second-order valence-corrected chi connectivity index (χ2v) is 9.05. The number of hydrogen-bond donors (Lipinski definition) is 0. The molecule has 8 heteroatoms. The van der Waals surface area contributed by atoms with Crippen molar-refractivity contribution in [3.63, 3.8) is 0 Å². The van der Waals surface area contributed by atoms with Gasteiger partial charge in [0.25, 0.3) is 0 Å². The highest BCUT2D eigenvalue weighted by atomic mass is 127. The smallest absolute Gasteiger partial charge is 0.363 e. The van der Waals surface area contributed by atoms with Crippen LogP contribution in [0.3, 0.4) is 0 Å². The number of carbonyl (C=O) groups excluding carboxylic acids is 1. The van der Waals surface area contributed by atoms with E-state index in [9.17, 15) is 9.18 Å². The highest BCUT2D eigenvalue weighted by molar-refractivity contribution is 14.1. The molecule has 0 radical (unpaired) electrons. The topological polar surface area (TPSA) is 57.1 Å². The molecule has 1 aliphatic rings. The van der Waals surface area contributed by atoms with Crippen molar-refractivity contribution in [2.24, 2.45) is 4.99 Å². The van der Waals surface area contributed by atoms with Crippen LogP contribution in [0.1, 0.15) is 16.7 Å². The zero-order valence-electron chi connectivity index (χ0n) is 16.8. The molecule has 1 heterocycles. The lowest BCUT2D eigenvalue weighted by molar-refractivity contribution is -0.129. The van der Waals surface area contributed by atoms with Gasteiger partial charge in [0, 0.05) is 9.13 Å². The first-order chi connectivity index (χ1) is 15.5. The molecule has 3 aromatic carbocycles. The van der Waals surface area contributed by atoms with Crippen LogP contribution in [0.4, 0.5) is 4.39 Å². The fourth-order valence-corrected chi connectivity index (χ4v) is 4.37. The van der Waals surface area contributed by atoms with E-state index in [0.29, 0.717) is 23.7 Å². The summed E-state index contributed by atoms with van der Waals surface area (Å²) < 4.78 is 32.7. The number of carbonyl (C=O) groups is 1. The van der Waals surface area contributed by atoms with Gasteiger partial charge in [0.2, 0.25) is 5.90 Å². The van der Waals surface area contributed by atoms with E-state index in [1.165, 1.54) is 12.1 Å². The van der Waals surface area contributed by atoms with E-state index in [1.807, 2.05) is 30.3 Å². The summed E-state index contributed by atoms with van der Waals surface area (Å²) in [6, 6.07) is 17.6. The molecule has 0 amide bonds. The van der Waals surface area contributed by atoms with Gasteiger partial charge in [-0.05, 0) is 87.2 Å². The molecule has 0 fully saturated rings. The third-order valence-corrected chi connectivity index (χ3v) is 6.46. The lowest BCUT2D eigenvalue weighted by Gasteiger charge is -2.14. The molecule has 0 atom stereocenters. The van der Waals surface area contributed by atoms with Crippen LogP contribution in [0, 0.1) is 13.0 Å². The third kappa shape index (κ3) is 4.96. The van der Waals surface area contributed by atoms with Gasteiger partial charge in [0.05, 0.1) is 16.2 Å². The number of ether oxygens (including phenoxy) is 3. The molecule has 162 valence electrons. The zero-order valence-corrected chi connectivity index (χ0v) is 21.1. The van der Waals surface area contributed by atoms with E-state index in [0.717, 1.165) is 12.7 Å². The SMILES string of the molecule is COc1cc(/C=C2\N=C(c3ccccc3F)OC2=O)cc(I)c1OCc1ccccc1I. The van der Waals surface area contributed by atoms with Gasteiger partial charge in [-0.15, -0.1) is 0 Å². The third-order valence-electron chi connectivity index (χ3n) is 4.61. The summed E-state index contributed by atoms with van der Waals surface area (Å²) in [5, 5.41) is 0. The van der Waals surface area contributed by atoms with Gasteiger partial charge in [-0.3, -0.25) is 0 Å². The van der Waals surface area contributed by atoms with Crippen molar-refractivity contribution in [1.29, 1.82) is 0 Å². The van der Waals surface area contributed by atoms with Crippen LogP contribution in [-0.2, 0) is 16.1 Å². The van der Waals surface area contributed by atoms with Gasteiger partial charge in [-0.25, -0.2) is 14.2 Å². The summed E-state index contributed by atoms with van der Waals surface area (Å²) in [7, 11) is 1.56. The van der Waals surface area contributed by atoms with Gasteiger partial charge >= 0.3 is 5.97 Å². The van der Waals surface area contributed by atoms with Crippen LogP contribution >= 0.6 is 45.2 Å². The summed E-state index contributed by atoms with van der Waals surface area (Å²) in [4.78, 5) is 16.5. The maximum atomic E-state index is 14.0. The summed E-state index contributed by atoms with van der Waals surface area (Å²) in [5.41, 5.74) is 1.96. The number of methoxy groups -OCH3 is 1. The molecule has 0 saturated carbocycles. The van der Waals surface area contributed by atoms with E-state index in [-0.39, 0.29) is 17.2 Å². The lowest BCUT2D eigenvalue weighted by atomic mass is 10.1. The van der Waals surface area contributed by atoms with Crippen LogP contribution < -0.4 is 9.47 Å². The number of hydrogen-bond acceptors (Lipinski definition) is 5. The first kappa shape index (κ1) is 22.7. The van der Waals surface area contributed by atoms with Crippen LogP contribution in [-0.4, -0.2) is 19.0 Å². The lowest BCUT2D eigenvalue weighted by Crippen LogP contribution is -2.07. The normalized spacial score (nSPS) is 14.3. The van der Waals surface area contributed by atoms with Crippen molar-refractivity contribution in [2.45, 2.75) is 6.61 Å². The van der Waals surface area contributed by atoms with E-state index in [4.69, 9.17) is 14.2 Å². The molecule has 0 N–H and O–H groups in total. The number of benzene rings is 3. The van der Waals surface area contributed by atoms with Crippen LogP contribution in [0.5, 0.6) is 11.5 Å². The number of esters is 1. The van der Waals surface area contributed by atoms with Crippen molar-refractivity contribution in [1.82, 2.24) is 0 Å². The van der Waals surface area contributed by atoms with Crippen molar-refractivity contribution < 1.29 is 23.4 Å². The molecule has 0 unspecified atom stereocenters. The van der Waals surface area contributed by atoms with Gasteiger partial charge < -0.3 is 14.2 Å². The van der Waals surface area contributed by atoms with Crippen molar-refractivity contribution >= 4 is 63.1 Å². The predicted octanol–water partition coefficient (Wildman–Crippen LogP) is 5.97. The van der Waals surface area contributed by atoms with Crippen LogP contribution in [0.25, 0.3) is 6.08 Å². The molecule has 0 saturated heterocycles. The molecule has 3 aromatic rings. The largest absolute Gasteiger partial charge is 0.493 e. The van der Waals surface area contributed by atoms with E-state index < -0.39 is 11.8 Å². The summed E-state index contributed by atoms with van der Waals surface area (Å²) in [6.07, 6.45) is 1.57. The van der Waals surface area contributed by atoms with Crippen molar-refractivity contribution in [2.75, 3.05) is 7.11 Å². The minimum atomic E-state index is -0.642. The molecule has 4 rings (SSSR count). The molecule has 1 aliphatic heterocycles. The Balaban J connectivity index is 1.61. The average Bonchev–Trinajstić information content (AvgIpc) is 3.14. The maximum Gasteiger partial charge on any atom is 0.363 e. The number of aliphatic imine (C=N–C) groups is 1. The Bertz CT molecular complexity index is 1260. The molecule has 0 spiro atoms. The van der Waals surface area contributed by atoms with E-state index >= 15 is 0 Å². The summed E-state index contributed by atoms with van der Waals surface area (Å²) >= 11 is 4.43. The fraction of sp³-hybridized carbons (Fsp3) is 0.0833. The molecule has 0 bridgehead atoms. The first-order valence-electron chi connectivity index (χ1n) is 9.47. The number of rotatable bonds is 6. The number of halogens is 3. The molecule has 5 nitrogen and oxygen atoms in total. The monoisotopic (exact) mass is 655 g/mol. The standard InChI is InChI=1S/C24H16FI2NO4/c1-30-21-12-14(10-19(27)22(21)31-13-15-6-2-5-9-18(15)26)11-20-24(29)32-23(28-20)16-7-3-4-8-17(16)25/h2-12H,13H2,1H3/b20-11-. The van der Waals surface area contributed by atoms with Crippen molar-refractivity contribution in [3.05, 3.63) is 96.0 Å². The highest BCUT2D eigenvalue weighted by Gasteiger charge is 2.26. The van der Waals surface area contributed by atoms with Crippen LogP contribution in [0.2, 0.25) is 0 Å². The molecule has 0 aliphatic carbocycles. The Labute approximate surface area is 211 Å². The number of nitrogens with zero attached hydrogens (tertiary/aromatic N) is 1. The Morgan fingerprint density at radius 1 is 1.06 bits per heavy atom. The quantitative estimate of drug-likeness (QED) is 0.187. The predicted molar refractivity (Wildman–Crippen MR) is 136 cm³/mol. The highest BCUT2D eigenvalue weighted by Crippen LogP contribution is 2.36. The summed E-state index contributed by atoms with van der Waals surface area (Å²) in [5.74, 6) is -0.0699. The summed E-state index contributed by atoms with van der Waals surface area (Å²) in [6.45, 7) is 0.397. The van der Waals surface area contributed by atoms with Gasteiger partial charge in [0.15, 0.2) is 17.2 Å². The second-order valence-electron chi connectivity index (χ2n) is 6.73. The molecule has 0 aromatic heterocycles. The van der Waals surface area contributed by atoms with E-state index in [1.54, 1.807) is 31.4 Å². The van der Waals surface area contributed by atoms with Gasteiger partial charge in [-0.2, -0.15) is 0 Å². The Kier molecular flexibility index (Phi) is 7.09. The fourth-order valence-electron chi connectivity index (χ4n) is 3.05. The molecular formula is C24H16FI2NO4. The Morgan fingerprint density at radius 2 is 1.81 bits per heavy atom. The average molecular weight is 655 g/mol. The zero-order chi connectivity index (χ0) is 22.7. The maximum absolute atomic E-state index is 14.0. The minimum absolute atomic E-state index is 0.0570. The number of cyclic esters (lactones) is 1. The minimum Gasteiger partial charge on any atom is -0.493 e. The van der Waals surface area contributed by atoms with Gasteiger partial charge in [-0.1, -0.05) is 30.3 Å². The Hall–Kier alpha value is -2.47. The first-order valence-corrected chi connectivity index (χ1v) is 11.6. The van der Waals surface area contributed by atoms with Gasteiger partial charge in [0.1, 0.15) is 12.4 Å². The van der Waals surface area contributed by atoms with Crippen LogP contribution in [0.15, 0.2) is 71.4 Å².